The maximum atomic E-state index is 12.7. The average molecular weight is 308 g/mol. The summed E-state index contributed by atoms with van der Waals surface area (Å²) in [6.45, 7) is 4.68. The Morgan fingerprint density at radius 2 is 2.00 bits per heavy atom. The topological polar surface area (TPSA) is 55.1 Å². The predicted molar refractivity (Wildman–Crippen MR) is 89.6 cm³/mol. The zero-order chi connectivity index (χ0) is 15.3. The van der Waals surface area contributed by atoms with Crippen molar-refractivity contribution in [1.82, 2.24) is 5.32 Å². The summed E-state index contributed by atoms with van der Waals surface area (Å²) in [5.74, 6) is 0.174. The van der Waals surface area contributed by atoms with Crippen LogP contribution in [0.4, 0.5) is 0 Å². The third-order valence-electron chi connectivity index (χ3n) is 4.61. The lowest BCUT2D eigenvalue weighted by molar-refractivity contribution is -0.132. The Morgan fingerprint density at radius 1 is 1.33 bits per heavy atom. The lowest BCUT2D eigenvalue weighted by Gasteiger charge is -2.31. The van der Waals surface area contributed by atoms with E-state index in [9.17, 15) is 4.79 Å². The van der Waals surface area contributed by atoms with Gasteiger partial charge in [0.2, 0.25) is 5.91 Å². The van der Waals surface area contributed by atoms with E-state index < -0.39 is 0 Å². The molecule has 0 bridgehead atoms. The van der Waals surface area contributed by atoms with Crippen molar-refractivity contribution < 1.29 is 4.79 Å². The van der Waals surface area contributed by atoms with Crippen molar-refractivity contribution in [2.45, 2.75) is 64.8 Å². The molecule has 1 unspecified atom stereocenters. The van der Waals surface area contributed by atoms with Crippen molar-refractivity contribution in [3.63, 3.8) is 0 Å². The predicted octanol–water partition coefficient (Wildman–Crippen LogP) is 3.40. The van der Waals surface area contributed by atoms with Gasteiger partial charge in [0.15, 0.2) is 0 Å². The van der Waals surface area contributed by atoms with Crippen LogP contribution in [0.1, 0.15) is 55.2 Å². The molecule has 1 saturated carbocycles. The molecule has 0 aliphatic heterocycles. The van der Waals surface area contributed by atoms with Gasteiger partial charge in [0.1, 0.15) is 0 Å². The summed E-state index contributed by atoms with van der Waals surface area (Å²) in [6, 6.07) is 4.47. The lowest BCUT2D eigenvalue weighted by atomic mass is 9.79. The van der Waals surface area contributed by atoms with Crippen LogP contribution in [0.15, 0.2) is 12.1 Å². The van der Waals surface area contributed by atoms with E-state index in [1.165, 1.54) is 22.6 Å². The molecule has 1 amide bonds. The fourth-order valence-corrected chi connectivity index (χ4v) is 4.27. The summed E-state index contributed by atoms with van der Waals surface area (Å²) in [5, 5.41) is 3.21. The highest BCUT2D eigenvalue weighted by atomic mass is 32.1. The molecule has 21 heavy (non-hydrogen) atoms. The number of carbonyl (C=O) groups excluding carboxylic acids is 1. The van der Waals surface area contributed by atoms with E-state index in [4.69, 9.17) is 5.73 Å². The fraction of sp³-hybridized carbons (Fsp3) is 0.706. The van der Waals surface area contributed by atoms with Gasteiger partial charge in [0.25, 0.3) is 0 Å². The Bertz CT molecular complexity index is 461. The summed E-state index contributed by atoms with van der Waals surface area (Å²) in [7, 11) is 0. The number of carbonyl (C=O) groups is 1. The first-order valence-electron chi connectivity index (χ1n) is 8.12. The van der Waals surface area contributed by atoms with Crippen LogP contribution in [0.5, 0.6) is 0 Å². The minimum absolute atomic E-state index is 0.169. The number of aryl methyl sites for hydroxylation is 1. The molecule has 4 heteroatoms. The highest BCUT2D eigenvalue weighted by molar-refractivity contribution is 7.11. The number of nitrogens with two attached hydrogens (primary N) is 1. The maximum Gasteiger partial charge on any atom is 0.227 e. The van der Waals surface area contributed by atoms with Gasteiger partial charge in [-0.3, -0.25) is 4.79 Å². The van der Waals surface area contributed by atoms with Gasteiger partial charge in [0, 0.05) is 28.8 Å². The number of amides is 1. The molecular formula is C17H28N2OS. The monoisotopic (exact) mass is 308 g/mol. The average Bonchev–Trinajstić information content (AvgIpc) is 2.73. The molecule has 1 heterocycles. The van der Waals surface area contributed by atoms with Gasteiger partial charge in [-0.2, -0.15) is 0 Å². The van der Waals surface area contributed by atoms with Crippen LogP contribution in [0, 0.1) is 12.3 Å². The minimum atomic E-state index is -0.323. The molecule has 2 rings (SSSR count). The summed E-state index contributed by atoms with van der Waals surface area (Å²) in [6.07, 6.45) is 7.52. The molecule has 0 spiro atoms. The van der Waals surface area contributed by atoms with Gasteiger partial charge in [-0.25, -0.2) is 0 Å². The molecule has 3 N–H and O–H groups in total. The third kappa shape index (κ3) is 4.30. The van der Waals surface area contributed by atoms with Gasteiger partial charge < -0.3 is 11.1 Å². The Balaban J connectivity index is 1.94. The quantitative estimate of drug-likeness (QED) is 0.819. The molecule has 1 fully saturated rings. The van der Waals surface area contributed by atoms with E-state index in [2.05, 4.69) is 31.3 Å². The summed E-state index contributed by atoms with van der Waals surface area (Å²) in [5.41, 5.74) is 5.66. The van der Waals surface area contributed by atoms with E-state index in [1.54, 1.807) is 0 Å². The smallest absolute Gasteiger partial charge is 0.227 e. The maximum absolute atomic E-state index is 12.7. The van der Waals surface area contributed by atoms with Crippen molar-refractivity contribution >= 4 is 17.2 Å². The number of thiophene rings is 1. The molecule has 1 aliphatic carbocycles. The zero-order valence-corrected chi connectivity index (χ0v) is 14.1. The van der Waals surface area contributed by atoms with Crippen LogP contribution >= 0.6 is 11.3 Å². The van der Waals surface area contributed by atoms with Crippen molar-refractivity contribution in [1.29, 1.82) is 0 Å². The number of hydrogen-bond donors (Lipinski definition) is 2. The SMILES string of the molecule is Cc1ccc(CC(C)NC(=O)C2(CN)CCCCCC2)s1. The molecule has 1 atom stereocenters. The zero-order valence-electron chi connectivity index (χ0n) is 13.3. The van der Waals surface area contributed by atoms with E-state index in [0.29, 0.717) is 6.54 Å². The summed E-state index contributed by atoms with van der Waals surface area (Å²) in [4.78, 5) is 15.4. The number of rotatable bonds is 5. The van der Waals surface area contributed by atoms with Gasteiger partial charge in [-0.05, 0) is 38.8 Å². The van der Waals surface area contributed by atoms with Crippen molar-refractivity contribution in [3.8, 4) is 0 Å². The molecule has 1 aromatic heterocycles. The van der Waals surface area contributed by atoms with Crippen LogP contribution in [-0.2, 0) is 11.2 Å². The Labute approximate surface area is 132 Å². The van der Waals surface area contributed by atoms with Crippen LogP contribution in [-0.4, -0.2) is 18.5 Å². The molecule has 0 aromatic carbocycles. The van der Waals surface area contributed by atoms with Crippen LogP contribution in [0.3, 0.4) is 0 Å². The first-order valence-corrected chi connectivity index (χ1v) is 8.94. The van der Waals surface area contributed by atoms with Crippen LogP contribution in [0.2, 0.25) is 0 Å². The van der Waals surface area contributed by atoms with Gasteiger partial charge >= 0.3 is 0 Å². The number of hydrogen-bond acceptors (Lipinski definition) is 3. The van der Waals surface area contributed by atoms with E-state index in [1.807, 2.05) is 11.3 Å². The van der Waals surface area contributed by atoms with E-state index in [-0.39, 0.29) is 17.4 Å². The second kappa shape index (κ2) is 7.41. The molecule has 3 nitrogen and oxygen atoms in total. The molecular weight excluding hydrogens is 280 g/mol. The largest absolute Gasteiger partial charge is 0.353 e. The molecule has 0 radical (unpaired) electrons. The van der Waals surface area contributed by atoms with Crippen molar-refractivity contribution in [3.05, 3.63) is 21.9 Å². The van der Waals surface area contributed by atoms with Gasteiger partial charge in [-0.1, -0.05) is 25.7 Å². The van der Waals surface area contributed by atoms with E-state index in [0.717, 1.165) is 32.1 Å². The Kier molecular flexibility index (Phi) is 5.82. The molecule has 0 saturated heterocycles. The van der Waals surface area contributed by atoms with Crippen molar-refractivity contribution in [2.24, 2.45) is 11.1 Å². The highest BCUT2D eigenvalue weighted by Crippen LogP contribution is 2.34. The standard InChI is InChI=1S/C17H28N2OS/c1-13(11-15-8-7-14(2)21-15)19-16(20)17(12-18)9-5-3-4-6-10-17/h7-8,13H,3-6,9-12,18H2,1-2H3,(H,19,20). The van der Waals surface area contributed by atoms with E-state index >= 15 is 0 Å². The molecule has 1 aliphatic rings. The van der Waals surface area contributed by atoms with Crippen molar-refractivity contribution in [2.75, 3.05) is 6.54 Å². The molecule has 118 valence electrons. The number of nitrogens with one attached hydrogen (secondary N) is 1. The lowest BCUT2D eigenvalue weighted by Crippen LogP contribution is -2.48. The second-order valence-electron chi connectivity index (χ2n) is 6.49. The minimum Gasteiger partial charge on any atom is -0.353 e. The summed E-state index contributed by atoms with van der Waals surface area (Å²) < 4.78 is 0. The van der Waals surface area contributed by atoms with Crippen LogP contribution < -0.4 is 11.1 Å². The molecule has 1 aromatic rings. The normalized spacial score (nSPS) is 19.8. The first-order chi connectivity index (χ1) is 10.1. The van der Waals surface area contributed by atoms with Gasteiger partial charge in [-0.15, -0.1) is 11.3 Å². The first kappa shape index (κ1) is 16.5. The van der Waals surface area contributed by atoms with Gasteiger partial charge in [0.05, 0.1) is 5.41 Å². The fourth-order valence-electron chi connectivity index (χ4n) is 3.25. The Morgan fingerprint density at radius 3 is 2.52 bits per heavy atom. The third-order valence-corrected chi connectivity index (χ3v) is 5.64. The summed E-state index contributed by atoms with van der Waals surface area (Å²) >= 11 is 1.81. The Hall–Kier alpha value is -0.870. The highest BCUT2D eigenvalue weighted by Gasteiger charge is 2.37. The van der Waals surface area contributed by atoms with Crippen LogP contribution in [0.25, 0.3) is 0 Å². The second-order valence-corrected chi connectivity index (χ2v) is 7.86.